The molecule has 1 heterocycles. The average molecular weight is 300 g/mol. The number of nitrogens with one attached hydrogen (secondary N) is 2. The van der Waals surface area contributed by atoms with Gasteiger partial charge in [0, 0.05) is 24.7 Å². The van der Waals surface area contributed by atoms with Gasteiger partial charge in [-0.2, -0.15) is 0 Å². The summed E-state index contributed by atoms with van der Waals surface area (Å²) < 4.78 is 5.30. The van der Waals surface area contributed by atoms with Gasteiger partial charge in [-0.1, -0.05) is 25.1 Å². The van der Waals surface area contributed by atoms with E-state index in [0.29, 0.717) is 24.6 Å². The van der Waals surface area contributed by atoms with Gasteiger partial charge in [0.1, 0.15) is 23.6 Å². The molecule has 0 aliphatic carbocycles. The fraction of sp³-hybridized carbons (Fsp3) is 0.312. The van der Waals surface area contributed by atoms with Crippen LogP contribution in [0.5, 0.6) is 5.75 Å². The van der Waals surface area contributed by atoms with Crippen LogP contribution in [0.25, 0.3) is 0 Å². The minimum Gasteiger partial charge on any atom is -0.496 e. The van der Waals surface area contributed by atoms with Gasteiger partial charge in [0.05, 0.1) is 7.11 Å². The van der Waals surface area contributed by atoms with E-state index in [2.05, 4.69) is 20.6 Å². The number of methoxy groups -OCH3 is 1. The molecule has 22 heavy (non-hydrogen) atoms. The molecule has 0 aliphatic heterocycles. The normalized spacial score (nSPS) is 10.1. The maximum Gasteiger partial charge on any atom is 0.270 e. The van der Waals surface area contributed by atoms with Crippen LogP contribution in [0.15, 0.2) is 36.7 Å². The summed E-state index contributed by atoms with van der Waals surface area (Å²) in [6.45, 7) is 3.18. The van der Waals surface area contributed by atoms with Crippen molar-refractivity contribution in [3.8, 4) is 5.75 Å². The first-order valence-electron chi connectivity index (χ1n) is 7.20. The first-order chi connectivity index (χ1) is 10.7. The molecule has 1 aromatic heterocycles. The van der Waals surface area contributed by atoms with Gasteiger partial charge in [-0.05, 0) is 12.5 Å². The Morgan fingerprint density at radius 3 is 2.86 bits per heavy atom. The standard InChI is InChI=1S/C16H20N4O2/c1-3-8-17-16(21)13-9-15(20-11-19-13)18-10-12-6-4-5-7-14(12)22-2/h4-7,9,11H,3,8,10H2,1-2H3,(H,17,21)(H,18,19,20). The van der Waals surface area contributed by atoms with Gasteiger partial charge in [0.25, 0.3) is 5.91 Å². The van der Waals surface area contributed by atoms with Crippen molar-refractivity contribution in [3.63, 3.8) is 0 Å². The zero-order chi connectivity index (χ0) is 15.8. The molecule has 0 aliphatic rings. The smallest absolute Gasteiger partial charge is 0.270 e. The molecular formula is C16H20N4O2. The van der Waals surface area contributed by atoms with E-state index in [4.69, 9.17) is 4.74 Å². The van der Waals surface area contributed by atoms with Crippen molar-refractivity contribution in [1.82, 2.24) is 15.3 Å². The predicted molar refractivity (Wildman–Crippen MR) is 85.0 cm³/mol. The van der Waals surface area contributed by atoms with E-state index in [1.807, 2.05) is 31.2 Å². The topological polar surface area (TPSA) is 76.1 Å². The molecule has 0 fully saturated rings. The van der Waals surface area contributed by atoms with Crippen LogP contribution in [-0.2, 0) is 6.54 Å². The highest BCUT2D eigenvalue weighted by Gasteiger charge is 2.08. The van der Waals surface area contributed by atoms with E-state index in [-0.39, 0.29) is 5.91 Å². The second-order valence-corrected chi connectivity index (χ2v) is 4.71. The SMILES string of the molecule is CCCNC(=O)c1cc(NCc2ccccc2OC)ncn1. The predicted octanol–water partition coefficient (Wildman–Crippen LogP) is 2.24. The van der Waals surface area contributed by atoms with Crippen molar-refractivity contribution in [2.75, 3.05) is 19.0 Å². The Kier molecular flexibility index (Phi) is 5.71. The molecule has 0 saturated heterocycles. The zero-order valence-corrected chi connectivity index (χ0v) is 12.8. The van der Waals surface area contributed by atoms with Crippen molar-refractivity contribution in [3.05, 3.63) is 47.9 Å². The van der Waals surface area contributed by atoms with Gasteiger partial charge in [-0.15, -0.1) is 0 Å². The number of para-hydroxylation sites is 1. The number of rotatable bonds is 7. The number of benzene rings is 1. The molecule has 0 bridgehead atoms. The van der Waals surface area contributed by atoms with Gasteiger partial charge in [0.2, 0.25) is 0 Å². The third-order valence-corrected chi connectivity index (χ3v) is 3.09. The van der Waals surface area contributed by atoms with Crippen LogP contribution in [0.4, 0.5) is 5.82 Å². The summed E-state index contributed by atoms with van der Waals surface area (Å²) in [5, 5.41) is 5.97. The van der Waals surface area contributed by atoms with Crippen molar-refractivity contribution in [2.45, 2.75) is 19.9 Å². The molecule has 6 nitrogen and oxygen atoms in total. The second-order valence-electron chi connectivity index (χ2n) is 4.71. The first-order valence-corrected chi connectivity index (χ1v) is 7.20. The lowest BCUT2D eigenvalue weighted by Crippen LogP contribution is -2.25. The summed E-state index contributed by atoms with van der Waals surface area (Å²) in [5.41, 5.74) is 1.37. The minimum atomic E-state index is -0.190. The molecule has 6 heteroatoms. The van der Waals surface area contributed by atoms with Crippen LogP contribution in [0.2, 0.25) is 0 Å². The Labute approximate surface area is 129 Å². The number of carbonyl (C=O) groups is 1. The number of ether oxygens (including phenoxy) is 1. The van der Waals surface area contributed by atoms with Gasteiger partial charge in [-0.25, -0.2) is 9.97 Å². The average Bonchev–Trinajstić information content (AvgIpc) is 2.58. The van der Waals surface area contributed by atoms with Crippen LogP contribution in [0, 0.1) is 0 Å². The Bertz CT molecular complexity index is 631. The van der Waals surface area contributed by atoms with E-state index in [9.17, 15) is 4.79 Å². The van der Waals surface area contributed by atoms with Crippen molar-refractivity contribution < 1.29 is 9.53 Å². The van der Waals surface area contributed by atoms with E-state index in [1.165, 1.54) is 6.33 Å². The van der Waals surface area contributed by atoms with Crippen molar-refractivity contribution in [2.24, 2.45) is 0 Å². The Balaban J connectivity index is 2.03. The van der Waals surface area contributed by atoms with E-state index < -0.39 is 0 Å². The van der Waals surface area contributed by atoms with Crippen molar-refractivity contribution >= 4 is 11.7 Å². The maximum absolute atomic E-state index is 11.9. The molecule has 2 aromatic rings. The number of carbonyl (C=O) groups excluding carboxylic acids is 1. The molecule has 2 rings (SSSR count). The lowest BCUT2D eigenvalue weighted by Gasteiger charge is -2.10. The molecule has 1 amide bonds. The van der Waals surface area contributed by atoms with Gasteiger partial charge < -0.3 is 15.4 Å². The molecule has 0 radical (unpaired) electrons. The van der Waals surface area contributed by atoms with E-state index >= 15 is 0 Å². The van der Waals surface area contributed by atoms with E-state index in [1.54, 1.807) is 13.2 Å². The Morgan fingerprint density at radius 2 is 2.09 bits per heavy atom. The summed E-state index contributed by atoms with van der Waals surface area (Å²) in [5.74, 6) is 1.22. The maximum atomic E-state index is 11.9. The highest BCUT2D eigenvalue weighted by Crippen LogP contribution is 2.18. The summed E-state index contributed by atoms with van der Waals surface area (Å²) in [7, 11) is 1.64. The number of amides is 1. The summed E-state index contributed by atoms with van der Waals surface area (Å²) in [4.78, 5) is 20.0. The van der Waals surface area contributed by atoms with Crippen LogP contribution < -0.4 is 15.4 Å². The van der Waals surface area contributed by atoms with Gasteiger partial charge in [0.15, 0.2) is 0 Å². The monoisotopic (exact) mass is 300 g/mol. The van der Waals surface area contributed by atoms with Crippen molar-refractivity contribution in [1.29, 1.82) is 0 Å². The van der Waals surface area contributed by atoms with Gasteiger partial charge >= 0.3 is 0 Å². The molecule has 0 atom stereocenters. The highest BCUT2D eigenvalue weighted by molar-refractivity contribution is 5.92. The molecule has 1 aromatic carbocycles. The molecule has 0 unspecified atom stereocenters. The van der Waals surface area contributed by atoms with Crippen LogP contribution >= 0.6 is 0 Å². The third-order valence-electron chi connectivity index (χ3n) is 3.09. The lowest BCUT2D eigenvalue weighted by atomic mass is 10.2. The Morgan fingerprint density at radius 1 is 1.27 bits per heavy atom. The molecule has 0 spiro atoms. The van der Waals surface area contributed by atoms with E-state index in [0.717, 1.165) is 17.7 Å². The molecule has 0 saturated carbocycles. The third kappa shape index (κ3) is 4.18. The molecule has 2 N–H and O–H groups in total. The number of aromatic nitrogens is 2. The van der Waals surface area contributed by atoms with Crippen LogP contribution in [0.3, 0.4) is 0 Å². The largest absolute Gasteiger partial charge is 0.496 e. The van der Waals surface area contributed by atoms with Crippen LogP contribution in [-0.4, -0.2) is 29.5 Å². The number of hydrogen-bond donors (Lipinski definition) is 2. The number of anilines is 1. The molecular weight excluding hydrogens is 280 g/mol. The second kappa shape index (κ2) is 7.97. The summed E-state index contributed by atoms with van der Waals surface area (Å²) >= 11 is 0. The Hall–Kier alpha value is -2.63. The summed E-state index contributed by atoms with van der Waals surface area (Å²) in [6, 6.07) is 9.38. The number of hydrogen-bond acceptors (Lipinski definition) is 5. The minimum absolute atomic E-state index is 0.190. The van der Waals surface area contributed by atoms with Crippen LogP contribution in [0.1, 0.15) is 29.4 Å². The zero-order valence-electron chi connectivity index (χ0n) is 12.8. The fourth-order valence-corrected chi connectivity index (χ4v) is 1.94. The lowest BCUT2D eigenvalue weighted by molar-refractivity contribution is 0.0948. The van der Waals surface area contributed by atoms with Gasteiger partial charge in [-0.3, -0.25) is 4.79 Å². The molecule has 116 valence electrons. The first kappa shape index (κ1) is 15.8. The highest BCUT2D eigenvalue weighted by atomic mass is 16.5. The fourth-order valence-electron chi connectivity index (χ4n) is 1.94. The quantitative estimate of drug-likeness (QED) is 0.820. The number of nitrogens with zero attached hydrogens (tertiary/aromatic N) is 2. The summed E-state index contributed by atoms with van der Waals surface area (Å²) in [6.07, 6.45) is 2.27.